The van der Waals surface area contributed by atoms with Crippen molar-refractivity contribution in [2.45, 2.75) is 39.0 Å². The number of piperidine rings is 1. The Bertz CT molecular complexity index is 804. The molecule has 2 heterocycles. The molecule has 0 radical (unpaired) electrons. The molecular formula is C22H31N3O5. The number of phenols is 1. The van der Waals surface area contributed by atoms with Crippen LogP contribution in [0.3, 0.4) is 0 Å². The Morgan fingerprint density at radius 1 is 1.30 bits per heavy atom. The highest BCUT2D eigenvalue weighted by Crippen LogP contribution is 2.43. The second-order valence-corrected chi connectivity index (χ2v) is 8.51. The van der Waals surface area contributed by atoms with Gasteiger partial charge in [-0.05, 0) is 38.3 Å². The molecule has 1 spiro atoms. The Balaban J connectivity index is 1.66. The highest BCUT2D eigenvalue weighted by atomic mass is 16.5. The number of carbonyl (C=O) groups is 3. The van der Waals surface area contributed by atoms with Gasteiger partial charge in [0.25, 0.3) is 5.91 Å². The first-order valence-electron chi connectivity index (χ1n) is 10.5. The summed E-state index contributed by atoms with van der Waals surface area (Å²) in [6.45, 7) is 4.74. The van der Waals surface area contributed by atoms with Crippen molar-refractivity contribution >= 4 is 17.7 Å². The van der Waals surface area contributed by atoms with Gasteiger partial charge in [-0.2, -0.15) is 0 Å². The number of carbonyl (C=O) groups excluding carboxylic acids is 3. The van der Waals surface area contributed by atoms with Crippen LogP contribution in [0.1, 0.15) is 48.0 Å². The van der Waals surface area contributed by atoms with Crippen molar-refractivity contribution in [1.82, 2.24) is 10.2 Å². The number of ether oxygens (including phenoxy) is 1. The molecule has 0 aromatic heterocycles. The summed E-state index contributed by atoms with van der Waals surface area (Å²) in [4.78, 5) is 37.9. The van der Waals surface area contributed by atoms with Gasteiger partial charge in [0.05, 0.1) is 12.2 Å². The number of nitrogens with two attached hydrogens (primary N) is 1. The number of aryl methyl sites for hydroxylation is 1. The maximum atomic E-state index is 13.1. The quantitative estimate of drug-likeness (QED) is 0.618. The van der Waals surface area contributed by atoms with Crippen LogP contribution >= 0.6 is 0 Å². The lowest BCUT2D eigenvalue weighted by molar-refractivity contribution is -0.122. The average Bonchev–Trinajstić information content (AvgIpc) is 3.17. The minimum absolute atomic E-state index is 0.0191. The number of hydrogen-bond acceptors (Lipinski definition) is 5. The Labute approximate surface area is 176 Å². The Morgan fingerprint density at radius 3 is 2.80 bits per heavy atom. The van der Waals surface area contributed by atoms with Crippen LogP contribution in [0.4, 0.5) is 0 Å². The molecular weight excluding hydrogens is 386 g/mol. The smallest absolute Gasteiger partial charge is 0.257 e. The number of nitrogens with one attached hydrogen (secondary N) is 1. The van der Waals surface area contributed by atoms with Gasteiger partial charge >= 0.3 is 0 Å². The van der Waals surface area contributed by atoms with E-state index in [9.17, 15) is 19.5 Å². The Kier molecular flexibility index (Phi) is 6.97. The summed E-state index contributed by atoms with van der Waals surface area (Å²) >= 11 is 0. The third-order valence-corrected chi connectivity index (χ3v) is 6.36. The molecule has 0 saturated carbocycles. The van der Waals surface area contributed by atoms with Crippen molar-refractivity contribution in [3.8, 4) is 5.75 Å². The molecule has 164 valence electrons. The van der Waals surface area contributed by atoms with Crippen LogP contribution in [0, 0.1) is 18.3 Å². The zero-order valence-corrected chi connectivity index (χ0v) is 17.5. The molecule has 3 rings (SSSR count). The third kappa shape index (κ3) is 5.11. The van der Waals surface area contributed by atoms with Crippen molar-refractivity contribution < 1.29 is 24.2 Å². The van der Waals surface area contributed by atoms with E-state index in [4.69, 9.17) is 10.5 Å². The highest BCUT2D eigenvalue weighted by molar-refractivity contribution is 5.97. The van der Waals surface area contributed by atoms with Crippen molar-refractivity contribution in [3.05, 3.63) is 29.3 Å². The third-order valence-electron chi connectivity index (χ3n) is 6.36. The van der Waals surface area contributed by atoms with Gasteiger partial charge in [0.2, 0.25) is 11.8 Å². The van der Waals surface area contributed by atoms with Crippen LogP contribution in [0.5, 0.6) is 5.75 Å². The molecule has 2 saturated heterocycles. The van der Waals surface area contributed by atoms with E-state index in [1.165, 1.54) is 0 Å². The monoisotopic (exact) mass is 417 g/mol. The van der Waals surface area contributed by atoms with E-state index in [0.717, 1.165) is 18.4 Å². The summed E-state index contributed by atoms with van der Waals surface area (Å²) in [6.07, 6.45) is 2.58. The summed E-state index contributed by atoms with van der Waals surface area (Å²) in [5.41, 5.74) is 6.29. The molecule has 1 aromatic carbocycles. The number of hydrogen-bond donors (Lipinski definition) is 3. The fraction of sp³-hybridized carbons (Fsp3) is 0.591. The second-order valence-electron chi connectivity index (χ2n) is 8.51. The van der Waals surface area contributed by atoms with Crippen LogP contribution in [0.25, 0.3) is 0 Å². The standard InChI is InChI=1S/C22H31N3O5/c1-15-5-6-18(26)17(11-15)21(29)25-9-7-22(8-10-30-14-22)16(13-25)12-24-20(28)4-2-3-19(23)27/h5-6,11,16,26H,2-4,7-10,12-14H2,1H3,(H2,23,27)(H,24,28). The van der Waals surface area contributed by atoms with Gasteiger partial charge in [-0.15, -0.1) is 0 Å². The maximum absolute atomic E-state index is 13.1. The Hall–Kier alpha value is -2.61. The molecule has 2 unspecified atom stereocenters. The molecule has 1 aromatic rings. The molecule has 2 aliphatic heterocycles. The summed E-state index contributed by atoms with van der Waals surface area (Å²) in [6, 6.07) is 5.02. The van der Waals surface area contributed by atoms with Gasteiger partial charge in [-0.25, -0.2) is 0 Å². The number of amides is 3. The molecule has 8 heteroatoms. The molecule has 2 fully saturated rings. The van der Waals surface area contributed by atoms with E-state index in [2.05, 4.69) is 5.32 Å². The highest BCUT2D eigenvalue weighted by Gasteiger charge is 2.46. The van der Waals surface area contributed by atoms with Crippen LogP contribution in [0.2, 0.25) is 0 Å². The number of likely N-dealkylation sites (tertiary alicyclic amines) is 1. The number of benzene rings is 1. The summed E-state index contributed by atoms with van der Waals surface area (Å²) in [5, 5.41) is 13.1. The van der Waals surface area contributed by atoms with Crippen molar-refractivity contribution in [1.29, 1.82) is 0 Å². The SMILES string of the molecule is Cc1ccc(O)c(C(=O)N2CCC3(CCOC3)C(CNC(=O)CCCC(N)=O)C2)c1. The van der Waals surface area contributed by atoms with Gasteiger partial charge in [0.15, 0.2) is 0 Å². The number of nitrogens with zero attached hydrogens (tertiary/aromatic N) is 1. The van der Waals surface area contributed by atoms with Gasteiger partial charge in [0.1, 0.15) is 5.75 Å². The second kappa shape index (κ2) is 9.47. The molecule has 2 aliphatic rings. The topological polar surface area (TPSA) is 122 Å². The van der Waals surface area contributed by atoms with Gasteiger partial charge < -0.3 is 25.8 Å². The zero-order chi connectivity index (χ0) is 21.7. The van der Waals surface area contributed by atoms with Gasteiger partial charge in [-0.3, -0.25) is 14.4 Å². The number of rotatable bonds is 7. The van der Waals surface area contributed by atoms with Crippen LogP contribution in [-0.2, 0) is 14.3 Å². The number of aromatic hydroxyl groups is 1. The molecule has 0 aliphatic carbocycles. The first kappa shape index (κ1) is 22.1. The normalized spacial score (nSPS) is 23.5. The summed E-state index contributed by atoms with van der Waals surface area (Å²) < 4.78 is 5.67. The van der Waals surface area contributed by atoms with E-state index in [0.29, 0.717) is 44.8 Å². The fourth-order valence-electron chi connectivity index (χ4n) is 4.46. The van der Waals surface area contributed by atoms with Crippen molar-refractivity contribution in [2.24, 2.45) is 17.1 Å². The largest absolute Gasteiger partial charge is 0.507 e. The minimum Gasteiger partial charge on any atom is -0.507 e. The predicted octanol–water partition coefficient (Wildman–Crippen LogP) is 1.34. The fourth-order valence-corrected chi connectivity index (χ4v) is 4.46. The molecule has 3 amide bonds. The lowest BCUT2D eigenvalue weighted by Crippen LogP contribution is -2.53. The van der Waals surface area contributed by atoms with Crippen molar-refractivity contribution in [2.75, 3.05) is 32.8 Å². The lowest BCUT2D eigenvalue weighted by atomic mass is 9.69. The lowest BCUT2D eigenvalue weighted by Gasteiger charge is -2.45. The molecule has 0 bridgehead atoms. The van der Waals surface area contributed by atoms with E-state index >= 15 is 0 Å². The van der Waals surface area contributed by atoms with Crippen LogP contribution in [0.15, 0.2) is 18.2 Å². The van der Waals surface area contributed by atoms with E-state index in [-0.39, 0.29) is 41.7 Å². The van der Waals surface area contributed by atoms with Crippen LogP contribution < -0.4 is 11.1 Å². The summed E-state index contributed by atoms with van der Waals surface area (Å²) in [7, 11) is 0. The first-order valence-corrected chi connectivity index (χ1v) is 10.5. The minimum atomic E-state index is -0.411. The molecule has 4 N–H and O–H groups in total. The zero-order valence-electron chi connectivity index (χ0n) is 17.5. The Morgan fingerprint density at radius 2 is 2.10 bits per heavy atom. The molecule has 30 heavy (non-hydrogen) atoms. The summed E-state index contributed by atoms with van der Waals surface area (Å²) in [5.74, 6) is -0.683. The average molecular weight is 418 g/mol. The molecule has 2 atom stereocenters. The van der Waals surface area contributed by atoms with Crippen molar-refractivity contribution in [3.63, 3.8) is 0 Å². The van der Waals surface area contributed by atoms with Crippen LogP contribution in [-0.4, -0.2) is 60.6 Å². The van der Waals surface area contributed by atoms with Gasteiger partial charge in [-0.1, -0.05) is 11.6 Å². The predicted molar refractivity (Wildman–Crippen MR) is 111 cm³/mol. The molecule has 8 nitrogen and oxygen atoms in total. The van der Waals surface area contributed by atoms with E-state index in [1.807, 2.05) is 6.92 Å². The number of primary amides is 1. The van der Waals surface area contributed by atoms with E-state index < -0.39 is 5.91 Å². The van der Waals surface area contributed by atoms with Gasteiger partial charge in [0, 0.05) is 50.4 Å². The van der Waals surface area contributed by atoms with E-state index in [1.54, 1.807) is 23.1 Å². The number of phenolic OH excluding ortho intramolecular Hbond substituents is 1. The first-order chi connectivity index (χ1) is 14.3. The maximum Gasteiger partial charge on any atom is 0.257 e.